The maximum Gasteiger partial charge on any atom is 0.410 e. The van der Waals surface area contributed by atoms with Gasteiger partial charge in [0.05, 0.1) is 12.6 Å². The molecule has 9 nitrogen and oxygen atoms in total. The van der Waals surface area contributed by atoms with Gasteiger partial charge in [-0.25, -0.2) is 9.59 Å². The molecule has 0 aliphatic carbocycles. The van der Waals surface area contributed by atoms with E-state index in [4.69, 9.17) is 9.47 Å². The lowest BCUT2D eigenvalue weighted by Crippen LogP contribution is -2.60. The van der Waals surface area contributed by atoms with Crippen molar-refractivity contribution in [2.45, 2.75) is 138 Å². The molecule has 1 heterocycles. The van der Waals surface area contributed by atoms with Crippen molar-refractivity contribution in [1.82, 2.24) is 15.1 Å². The van der Waals surface area contributed by atoms with Crippen LogP contribution in [0.4, 0.5) is 4.79 Å². The van der Waals surface area contributed by atoms with Crippen molar-refractivity contribution in [3.8, 4) is 0 Å². The van der Waals surface area contributed by atoms with Crippen LogP contribution in [-0.4, -0.2) is 77.6 Å². The number of carbonyl (C=O) groups excluding carboxylic acids is 4. The molecule has 1 fully saturated rings. The first-order chi connectivity index (χ1) is 18.9. The molecule has 0 aromatic heterocycles. The van der Waals surface area contributed by atoms with E-state index in [1.54, 1.807) is 45.7 Å². The molecule has 236 valence electrons. The number of piperidine rings is 1. The summed E-state index contributed by atoms with van der Waals surface area (Å²) in [4.78, 5) is 56.1. The van der Waals surface area contributed by atoms with Crippen LogP contribution in [0.2, 0.25) is 0 Å². The Bertz CT molecular complexity index is 915. The first-order valence-corrected chi connectivity index (χ1v) is 15.3. The van der Waals surface area contributed by atoms with Gasteiger partial charge in [-0.05, 0) is 64.7 Å². The van der Waals surface area contributed by atoms with E-state index in [0.717, 1.165) is 38.5 Å². The van der Waals surface area contributed by atoms with Gasteiger partial charge in [0.15, 0.2) is 0 Å². The van der Waals surface area contributed by atoms with Crippen LogP contribution < -0.4 is 5.32 Å². The van der Waals surface area contributed by atoms with Gasteiger partial charge in [0.2, 0.25) is 11.8 Å². The fraction of sp³-hybridized carbons (Fsp3) is 0.812. The van der Waals surface area contributed by atoms with E-state index in [1.807, 2.05) is 34.6 Å². The molecule has 0 bridgehead atoms. The maximum absolute atomic E-state index is 13.9. The van der Waals surface area contributed by atoms with Crippen LogP contribution in [0.15, 0.2) is 11.6 Å². The van der Waals surface area contributed by atoms with Crippen molar-refractivity contribution >= 4 is 23.9 Å². The predicted octanol–water partition coefficient (Wildman–Crippen LogP) is 5.86. The van der Waals surface area contributed by atoms with Gasteiger partial charge in [0.1, 0.15) is 17.7 Å². The monoisotopic (exact) mass is 579 g/mol. The van der Waals surface area contributed by atoms with Gasteiger partial charge in [-0.15, -0.1) is 0 Å². The van der Waals surface area contributed by atoms with E-state index in [1.165, 1.54) is 4.90 Å². The third kappa shape index (κ3) is 12.0. The minimum absolute atomic E-state index is 0.00794. The fourth-order valence-electron chi connectivity index (χ4n) is 4.86. The zero-order chi connectivity index (χ0) is 31.5. The summed E-state index contributed by atoms with van der Waals surface area (Å²) < 4.78 is 11.0. The number of unbranched alkanes of at least 4 members (excludes halogenated alkanes) is 3. The Morgan fingerprint density at radius 3 is 2.20 bits per heavy atom. The van der Waals surface area contributed by atoms with Crippen LogP contribution >= 0.6 is 0 Å². The van der Waals surface area contributed by atoms with E-state index in [0.29, 0.717) is 25.1 Å². The third-order valence-electron chi connectivity index (χ3n) is 7.28. The summed E-state index contributed by atoms with van der Waals surface area (Å²) in [5, 5.41) is 2.98. The molecule has 0 spiro atoms. The van der Waals surface area contributed by atoms with Crippen molar-refractivity contribution in [2.75, 3.05) is 20.2 Å². The summed E-state index contributed by atoms with van der Waals surface area (Å²) in [6, 6.07) is -1.94. The van der Waals surface area contributed by atoms with Gasteiger partial charge in [-0.3, -0.25) is 14.5 Å². The van der Waals surface area contributed by atoms with Crippen molar-refractivity contribution in [1.29, 1.82) is 0 Å². The third-order valence-corrected chi connectivity index (χ3v) is 7.28. The highest BCUT2D eigenvalue weighted by molar-refractivity contribution is 5.92. The van der Waals surface area contributed by atoms with Gasteiger partial charge < -0.3 is 19.7 Å². The second-order valence-electron chi connectivity index (χ2n) is 13.7. The minimum Gasteiger partial charge on any atom is -0.462 e. The lowest BCUT2D eigenvalue weighted by molar-refractivity contribution is -0.142. The molecule has 0 unspecified atom stereocenters. The Balaban J connectivity index is 3.10. The Morgan fingerprint density at radius 1 is 1.02 bits per heavy atom. The Kier molecular flexibility index (Phi) is 14.4. The average molecular weight is 580 g/mol. The molecule has 1 saturated heterocycles. The number of rotatable bonds is 12. The number of likely N-dealkylation sites (tertiary alicyclic amines) is 1. The summed E-state index contributed by atoms with van der Waals surface area (Å²) in [5.41, 5.74) is -0.837. The predicted molar refractivity (Wildman–Crippen MR) is 162 cm³/mol. The van der Waals surface area contributed by atoms with Crippen molar-refractivity contribution in [3.63, 3.8) is 0 Å². The second kappa shape index (κ2) is 16.2. The van der Waals surface area contributed by atoms with Gasteiger partial charge in [0.25, 0.3) is 0 Å². The molecule has 9 heteroatoms. The zero-order valence-corrected chi connectivity index (χ0v) is 27.6. The maximum atomic E-state index is 13.9. The molecule has 1 N–H and O–H groups in total. The molecule has 0 aromatic carbocycles. The van der Waals surface area contributed by atoms with E-state index in [2.05, 4.69) is 12.2 Å². The Hall–Kier alpha value is -2.58. The molecule has 1 aliphatic rings. The number of hydrogen-bond donors (Lipinski definition) is 1. The van der Waals surface area contributed by atoms with E-state index < -0.39 is 29.2 Å². The molecule has 1 aliphatic heterocycles. The first kappa shape index (κ1) is 36.4. The molecular weight excluding hydrogens is 522 g/mol. The SMILES string of the molecule is CCCCCCOC(=O)/C(C)=C/[C@H](C(C)C)N(C)C(=O)[C@@H](NC(=O)[C@H]1CCCCN1C(=O)OC(C)(C)C)C(C)(C)C. The zero-order valence-electron chi connectivity index (χ0n) is 27.6. The Morgan fingerprint density at radius 2 is 1.66 bits per heavy atom. The molecule has 41 heavy (non-hydrogen) atoms. The standard InChI is InChI=1S/C32H57N3O6/c1-12-13-14-17-20-40-29(38)23(4)21-25(22(2)3)34(11)28(37)26(31(5,6)7)33-27(36)24-18-15-16-19-35(24)30(39)41-32(8,9)10/h21-22,24-26H,12-20H2,1-11H3,(H,33,36)/b23-21+/t24-,25-,26-/m1/s1. The molecule has 0 saturated carbocycles. The lowest BCUT2D eigenvalue weighted by atomic mass is 9.84. The summed E-state index contributed by atoms with van der Waals surface area (Å²) in [6.07, 6.45) is 7.43. The highest BCUT2D eigenvalue weighted by Gasteiger charge is 2.41. The second-order valence-corrected chi connectivity index (χ2v) is 13.7. The topological polar surface area (TPSA) is 105 Å². The Labute approximate surface area is 248 Å². The van der Waals surface area contributed by atoms with Crippen molar-refractivity contribution < 1.29 is 28.7 Å². The summed E-state index contributed by atoms with van der Waals surface area (Å²) in [7, 11) is 1.70. The summed E-state index contributed by atoms with van der Waals surface area (Å²) in [6.45, 7) is 19.7. The average Bonchev–Trinajstić information content (AvgIpc) is 2.87. The highest BCUT2D eigenvalue weighted by atomic mass is 16.6. The highest BCUT2D eigenvalue weighted by Crippen LogP contribution is 2.26. The number of amides is 3. The van der Waals surface area contributed by atoms with Crippen LogP contribution in [0.1, 0.15) is 114 Å². The number of nitrogens with zero attached hydrogens (tertiary/aromatic N) is 2. The molecule has 0 radical (unpaired) electrons. The van der Waals surface area contributed by atoms with E-state index in [9.17, 15) is 19.2 Å². The quantitative estimate of drug-likeness (QED) is 0.176. The number of esters is 1. The van der Waals surface area contributed by atoms with Crippen molar-refractivity contribution in [3.05, 3.63) is 11.6 Å². The van der Waals surface area contributed by atoms with Crippen LogP contribution in [0.3, 0.4) is 0 Å². The largest absolute Gasteiger partial charge is 0.462 e. The van der Waals surface area contributed by atoms with Crippen LogP contribution in [0.5, 0.6) is 0 Å². The van der Waals surface area contributed by atoms with Gasteiger partial charge in [0, 0.05) is 19.2 Å². The number of likely N-dealkylation sites (N-methyl/N-ethyl adjacent to an activating group) is 1. The van der Waals surface area contributed by atoms with E-state index >= 15 is 0 Å². The first-order valence-electron chi connectivity index (χ1n) is 15.3. The van der Waals surface area contributed by atoms with Crippen LogP contribution in [0.25, 0.3) is 0 Å². The van der Waals surface area contributed by atoms with Gasteiger partial charge in [-0.1, -0.05) is 66.9 Å². The lowest BCUT2D eigenvalue weighted by Gasteiger charge is -2.40. The fourth-order valence-corrected chi connectivity index (χ4v) is 4.86. The number of ether oxygens (including phenoxy) is 2. The molecule has 3 atom stereocenters. The van der Waals surface area contributed by atoms with Crippen LogP contribution in [-0.2, 0) is 23.9 Å². The van der Waals surface area contributed by atoms with Crippen molar-refractivity contribution in [2.24, 2.45) is 11.3 Å². The van der Waals surface area contributed by atoms with Gasteiger partial charge >= 0.3 is 12.1 Å². The van der Waals surface area contributed by atoms with Crippen LogP contribution in [0, 0.1) is 11.3 Å². The van der Waals surface area contributed by atoms with E-state index in [-0.39, 0.29) is 29.7 Å². The number of nitrogens with one attached hydrogen (secondary N) is 1. The summed E-state index contributed by atoms with van der Waals surface area (Å²) in [5.74, 6) is -1.00. The molecular formula is C32H57N3O6. The molecule has 0 aromatic rings. The minimum atomic E-state index is -0.845. The smallest absolute Gasteiger partial charge is 0.410 e. The summed E-state index contributed by atoms with van der Waals surface area (Å²) >= 11 is 0. The molecule has 1 rings (SSSR count). The number of carbonyl (C=O) groups is 4. The van der Waals surface area contributed by atoms with Gasteiger partial charge in [-0.2, -0.15) is 0 Å². The normalized spacial score (nSPS) is 18.0. The molecule has 3 amide bonds. The number of hydrogen-bond acceptors (Lipinski definition) is 6.